The summed E-state index contributed by atoms with van der Waals surface area (Å²) in [5.74, 6) is 5.88. The molecular formula is C23H33NO4. The molecule has 1 aromatic carbocycles. The monoisotopic (exact) mass is 387 g/mol. The molecule has 0 radical (unpaired) electrons. The van der Waals surface area contributed by atoms with E-state index >= 15 is 0 Å². The van der Waals surface area contributed by atoms with Gasteiger partial charge in [-0.25, -0.2) is 4.79 Å². The molecule has 0 aromatic heterocycles. The minimum Gasteiger partial charge on any atom is -0.444 e. The number of amides is 1. The predicted octanol–water partition coefficient (Wildman–Crippen LogP) is 4.66. The van der Waals surface area contributed by atoms with E-state index in [0.29, 0.717) is 6.61 Å². The first kappa shape index (κ1) is 22.3. The Hall–Kier alpha value is -2.03. The van der Waals surface area contributed by atoms with Gasteiger partial charge in [-0.05, 0) is 32.8 Å². The second-order valence-electron chi connectivity index (χ2n) is 8.11. The van der Waals surface area contributed by atoms with Crippen molar-refractivity contribution in [2.75, 3.05) is 6.61 Å². The van der Waals surface area contributed by atoms with E-state index in [0.717, 1.165) is 24.8 Å². The van der Waals surface area contributed by atoms with E-state index < -0.39 is 24.0 Å². The molecule has 1 aliphatic heterocycles. The summed E-state index contributed by atoms with van der Waals surface area (Å²) < 4.78 is 11.4. The first-order valence-electron chi connectivity index (χ1n) is 10.2. The van der Waals surface area contributed by atoms with Gasteiger partial charge >= 0.3 is 6.09 Å². The Labute approximate surface area is 169 Å². The molecule has 3 atom stereocenters. The van der Waals surface area contributed by atoms with Crippen molar-refractivity contribution in [1.82, 2.24) is 4.90 Å². The van der Waals surface area contributed by atoms with Crippen molar-refractivity contribution in [2.45, 2.75) is 83.8 Å². The number of ether oxygens (including phenoxy) is 2. The van der Waals surface area contributed by atoms with Crippen molar-refractivity contribution in [3.63, 3.8) is 0 Å². The van der Waals surface area contributed by atoms with Gasteiger partial charge in [-0.2, -0.15) is 0 Å². The predicted molar refractivity (Wildman–Crippen MR) is 110 cm³/mol. The number of hydrogen-bond acceptors (Lipinski definition) is 4. The van der Waals surface area contributed by atoms with E-state index in [1.165, 1.54) is 17.7 Å². The fourth-order valence-corrected chi connectivity index (χ4v) is 3.14. The number of carbonyl (C=O) groups is 1. The molecule has 1 saturated heterocycles. The molecule has 154 valence electrons. The van der Waals surface area contributed by atoms with Crippen LogP contribution in [0.15, 0.2) is 30.3 Å². The Kier molecular flexibility index (Phi) is 8.35. The normalized spacial score (nSPS) is 20.4. The topological polar surface area (TPSA) is 59.0 Å². The molecule has 1 aromatic rings. The summed E-state index contributed by atoms with van der Waals surface area (Å²) in [7, 11) is 0. The van der Waals surface area contributed by atoms with Crippen LogP contribution in [0.4, 0.5) is 4.79 Å². The van der Waals surface area contributed by atoms with Crippen LogP contribution in [0.3, 0.4) is 0 Å². The summed E-state index contributed by atoms with van der Waals surface area (Å²) in [6.45, 7) is 7.92. The maximum absolute atomic E-state index is 12.9. The van der Waals surface area contributed by atoms with Gasteiger partial charge in [0, 0.05) is 6.42 Å². The highest BCUT2D eigenvalue weighted by Gasteiger charge is 2.44. The van der Waals surface area contributed by atoms with Gasteiger partial charge in [0.05, 0.1) is 12.6 Å². The van der Waals surface area contributed by atoms with Gasteiger partial charge in [0.2, 0.25) is 0 Å². The first-order valence-corrected chi connectivity index (χ1v) is 10.2. The number of nitrogens with zero attached hydrogens (tertiary/aromatic N) is 1. The van der Waals surface area contributed by atoms with Gasteiger partial charge in [-0.15, -0.1) is 5.92 Å². The van der Waals surface area contributed by atoms with Crippen LogP contribution in [0.1, 0.15) is 71.4 Å². The standard InChI is InChI=1S/C23H33NO4/c1-5-6-7-8-9-13-16-20(25)21-24(22(26)28-23(2,3)4)19(17-27-21)18-14-11-10-12-15-18/h10-12,14-15,19-21,25H,5-9,17H2,1-4H3/t19-,20-,21+/m0/s1. The Morgan fingerprint density at radius 3 is 2.64 bits per heavy atom. The lowest BCUT2D eigenvalue weighted by atomic mass is 10.1. The van der Waals surface area contributed by atoms with Crippen molar-refractivity contribution < 1.29 is 19.4 Å². The van der Waals surface area contributed by atoms with Crippen molar-refractivity contribution in [3.05, 3.63) is 35.9 Å². The minimum absolute atomic E-state index is 0.295. The van der Waals surface area contributed by atoms with Crippen LogP contribution in [0.2, 0.25) is 0 Å². The summed E-state index contributed by atoms with van der Waals surface area (Å²) in [5.41, 5.74) is 0.303. The Morgan fingerprint density at radius 2 is 2.00 bits per heavy atom. The molecule has 2 rings (SSSR count). The number of aliphatic hydroxyl groups is 1. The van der Waals surface area contributed by atoms with Crippen molar-refractivity contribution in [3.8, 4) is 11.8 Å². The molecule has 5 nitrogen and oxygen atoms in total. The summed E-state index contributed by atoms with van der Waals surface area (Å²) in [6.07, 6.45) is 2.84. The molecule has 28 heavy (non-hydrogen) atoms. The molecule has 1 heterocycles. The van der Waals surface area contributed by atoms with E-state index in [1.54, 1.807) is 0 Å². The second kappa shape index (κ2) is 10.5. The Balaban J connectivity index is 2.13. The van der Waals surface area contributed by atoms with Crippen molar-refractivity contribution in [2.24, 2.45) is 0 Å². The zero-order chi connectivity index (χ0) is 20.6. The van der Waals surface area contributed by atoms with Crippen LogP contribution in [-0.2, 0) is 9.47 Å². The van der Waals surface area contributed by atoms with E-state index in [-0.39, 0.29) is 6.04 Å². The van der Waals surface area contributed by atoms with Gasteiger partial charge in [0.25, 0.3) is 0 Å². The number of aliphatic hydroxyl groups excluding tert-OH is 1. The molecule has 1 aliphatic rings. The van der Waals surface area contributed by atoms with E-state index in [9.17, 15) is 9.90 Å². The first-order chi connectivity index (χ1) is 13.3. The third-order valence-corrected chi connectivity index (χ3v) is 4.50. The van der Waals surface area contributed by atoms with Crippen molar-refractivity contribution in [1.29, 1.82) is 0 Å². The highest BCUT2D eigenvalue weighted by molar-refractivity contribution is 5.69. The fourth-order valence-electron chi connectivity index (χ4n) is 3.14. The SMILES string of the molecule is CCCCCCC#C[C@H](O)[C@H]1OC[C@@H](c2ccccc2)N1C(=O)OC(C)(C)C. The van der Waals surface area contributed by atoms with Gasteiger partial charge in [-0.1, -0.05) is 62.4 Å². The van der Waals surface area contributed by atoms with Crippen LogP contribution in [0, 0.1) is 11.8 Å². The van der Waals surface area contributed by atoms with Gasteiger partial charge in [-0.3, -0.25) is 4.90 Å². The molecule has 0 aliphatic carbocycles. The molecule has 0 bridgehead atoms. The summed E-state index contributed by atoms with van der Waals surface area (Å²) in [4.78, 5) is 14.4. The fraction of sp³-hybridized carbons (Fsp3) is 0.609. The van der Waals surface area contributed by atoms with Crippen LogP contribution in [0.5, 0.6) is 0 Å². The highest BCUT2D eigenvalue weighted by Crippen LogP contribution is 2.33. The Bertz CT molecular complexity index is 671. The van der Waals surface area contributed by atoms with Crippen LogP contribution < -0.4 is 0 Å². The lowest BCUT2D eigenvalue weighted by Gasteiger charge is -2.31. The zero-order valence-corrected chi connectivity index (χ0v) is 17.5. The molecule has 0 spiro atoms. The molecular weight excluding hydrogens is 354 g/mol. The molecule has 1 amide bonds. The molecule has 1 fully saturated rings. The maximum Gasteiger partial charge on any atom is 0.413 e. The highest BCUT2D eigenvalue weighted by atomic mass is 16.6. The minimum atomic E-state index is -1.08. The maximum atomic E-state index is 12.9. The summed E-state index contributed by atoms with van der Waals surface area (Å²) in [5, 5.41) is 10.6. The third-order valence-electron chi connectivity index (χ3n) is 4.50. The summed E-state index contributed by atoms with van der Waals surface area (Å²) >= 11 is 0. The number of unbranched alkanes of at least 4 members (excludes halogenated alkanes) is 4. The zero-order valence-electron chi connectivity index (χ0n) is 17.5. The Morgan fingerprint density at radius 1 is 1.29 bits per heavy atom. The number of carbonyl (C=O) groups excluding carboxylic acids is 1. The average Bonchev–Trinajstić information content (AvgIpc) is 3.09. The van der Waals surface area contributed by atoms with Crippen LogP contribution >= 0.6 is 0 Å². The number of rotatable bonds is 6. The van der Waals surface area contributed by atoms with Gasteiger partial charge in [0.15, 0.2) is 12.3 Å². The van der Waals surface area contributed by atoms with Crippen LogP contribution in [0.25, 0.3) is 0 Å². The molecule has 0 unspecified atom stereocenters. The van der Waals surface area contributed by atoms with E-state index in [1.807, 2.05) is 51.1 Å². The second-order valence-corrected chi connectivity index (χ2v) is 8.11. The largest absolute Gasteiger partial charge is 0.444 e. The lowest BCUT2D eigenvalue weighted by molar-refractivity contribution is -0.0520. The average molecular weight is 388 g/mol. The summed E-state index contributed by atoms with van der Waals surface area (Å²) in [6, 6.07) is 9.33. The molecule has 0 saturated carbocycles. The van der Waals surface area contributed by atoms with E-state index in [4.69, 9.17) is 9.47 Å². The van der Waals surface area contributed by atoms with Gasteiger partial charge in [0.1, 0.15) is 5.60 Å². The number of hydrogen-bond donors (Lipinski definition) is 1. The van der Waals surface area contributed by atoms with E-state index in [2.05, 4.69) is 18.8 Å². The van der Waals surface area contributed by atoms with Gasteiger partial charge < -0.3 is 14.6 Å². The smallest absolute Gasteiger partial charge is 0.413 e. The number of benzene rings is 1. The quantitative estimate of drug-likeness (QED) is 0.570. The lowest BCUT2D eigenvalue weighted by Crippen LogP contribution is -2.46. The van der Waals surface area contributed by atoms with Crippen molar-refractivity contribution >= 4 is 6.09 Å². The molecule has 5 heteroatoms. The third kappa shape index (κ3) is 6.54. The molecule has 1 N–H and O–H groups in total. The van der Waals surface area contributed by atoms with Crippen LogP contribution in [-0.4, -0.2) is 40.6 Å².